The quantitative estimate of drug-likeness (QED) is 0.624. The van der Waals surface area contributed by atoms with Crippen LogP contribution in [0.1, 0.15) is 25.3 Å². The molecule has 0 amide bonds. The number of allylic oxidation sites excluding steroid dienone is 1. The van der Waals surface area contributed by atoms with Gasteiger partial charge in [-0.2, -0.15) is 0 Å². The SMILES string of the molecule is C=C(CCC)OCc1ccccc1. The van der Waals surface area contributed by atoms with Crippen molar-refractivity contribution in [2.75, 3.05) is 0 Å². The van der Waals surface area contributed by atoms with Gasteiger partial charge in [0.15, 0.2) is 0 Å². The molecule has 0 radical (unpaired) electrons. The molecular weight excluding hydrogens is 160 g/mol. The van der Waals surface area contributed by atoms with Crippen LogP contribution in [0.3, 0.4) is 0 Å². The first-order valence-electron chi connectivity index (χ1n) is 4.67. The van der Waals surface area contributed by atoms with E-state index in [2.05, 4.69) is 25.6 Å². The highest BCUT2D eigenvalue weighted by molar-refractivity contribution is 5.13. The first kappa shape index (κ1) is 9.85. The maximum Gasteiger partial charge on any atom is 0.113 e. The molecule has 1 nitrogen and oxygen atoms in total. The topological polar surface area (TPSA) is 9.23 Å². The van der Waals surface area contributed by atoms with E-state index in [9.17, 15) is 0 Å². The average molecular weight is 176 g/mol. The lowest BCUT2D eigenvalue weighted by Gasteiger charge is -2.07. The van der Waals surface area contributed by atoms with Gasteiger partial charge in [0.1, 0.15) is 6.61 Å². The number of ether oxygens (including phenoxy) is 1. The van der Waals surface area contributed by atoms with E-state index in [0.717, 1.165) is 18.6 Å². The second-order valence-corrected chi connectivity index (χ2v) is 3.06. The van der Waals surface area contributed by atoms with Crippen LogP contribution in [0.2, 0.25) is 0 Å². The van der Waals surface area contributed by atoms with E-state index in [1.165, 1.54) is 5.56 Å². The van der Waals surface area contributed by atoms with E-state index in [-0.39, 0.29) is 0 Å². The van der Waals surface area contributed by atoms with Crippen molar-refractivity contribution in [1.82, 2.24) is 0 Å². The maximum atomic E-state index is 5.47. The molecule has 0 aliphatic heterocycles. The molecular formula is C12H16O. The van der Waals surface area contributed by atoms with Gasteiger partial charge in [0.2, 0.25) is 0 Å². The molecule has 1 rings (SSSR count). The zero-order valence-electron chi connectivity index (χ0n) is 8.12. The lowest BCUT2D eigenvalue weighted by molar-refractivity contribution is 0.190. The normalized spacial score (nSPS) is 9.62. The Morgan fingerprint density at radius 2 is 2.00 bits per heavy atom. The van der Waals surface area contributed by atoms with Gasteiger partial charge in [0, 0.05) is 6.42 Å². The highest BCUT2D eigenvalue weighted by atomic mass is 16.5. The first-order valence-corrected chi connectivity index (χ1v) is 4.67. The second-order valence-electron chi connectivity index (χ2n) is 3.06. The van der Waals surface area contributed by atoms with Gasteiger partial charge >= 0.3 is 0 Å². The predicted molar refractivity (Wildman–Crippen MR) is 55.3 cm³/mol. The minimum atomic E-state index is 0.639. The Balaban J connectivity index is 2.31. The average Bonchev–Trinajstić information content (AvgIpc) is 2.17. The largest absolute Gasteiger partial charge is 0.494 e. The summed E-state index contributed by atoms with van der Waals surface area (Å²) in [5.74, 6) is 0.881. The Labute approximate surface area is 80.0 Å². The molecule has 0 saturated carbocycles. The Morgan fingerprint density at radius 3 is 2.62 bits per heavy atom. The smallest absolute Gasteiger partial charge is 0.113 e. The Kier molecular flexibility index (Phi) is 4.10. The molecule has 0 fully saturated rings. The minimum Gasteiger partial charge on any atom is -0.494 e. The molecule has 70 valence electrons. The van der Waals surface area contributed by atoms with Gasteiger partial charge in [-0.1, -0.05) is 43.8 Å². The summed E-state index contributed by atoms with van der Waals surface area (Å²) in [6, 6.07) is 10.1. The lowest BCUT2D eigenvalue weighted by Crippen LogP contribution is -1.91. The van der Waals surface area contributed by atoms with Crippen molar-refractivity contribution in [3.8, 4) is 0 Å². The van der Waals surface area contributed by atoms with Gasteiger partial charge in [0.05, 0.1) is 5.76 Å². The minimum absolute atomic E-state index is 0.639. The van der Waals surface area contributed by atoms with Gasteiger partial charge in [0.25, 0.3) is 0 Å². The fraction of sp³-hybridized carbons (Fsp3) is 0.333. The Bertz CT molecular complexity index is 251. The summed E-state index contributed by atoms with van der Waals surface area (Å²) in [6.07, 6.45) is 2.04. The number of hydrogen-bond acceptors (Lipinski definition) is 1. The van der Waals surface area contributed by atoms with Gasteiger partial charge in [-0.05, 0) is 12.0 Å². The maximum absolute atomic E-state index is 5.47. The molecule has 0 bridgehead atoms. The summed E-state index contributed by atoms with van der Waals surface area (Å²) in [7, 11) is 0. The van der Waals surface area contributed by atoms with Crippen molar-refractivity contribution in [2.24, 2.45) is 0 Å². The molecule has 0 aliphatic rings. The van der Waals surface area contributed by atoms with Crippen molar-refractivity contribution in [3.05, 3.63) is 48.2 Å². The molecule has 0 saturated heterocycles. The molecule has 0 atom stereocenters. The molecule has 1 aromatic carbocycles. The van der Waals surface area contributed by atoms with E-state index in [4.69, 9.17) is 4.74 Å². The molecule has 0 N–H and O–H groups in total. The van der Waals surface area contributed by atoms with Crippen LogP contribution in [0.5, 0.6) is 0 Å². The van der Waals surface area contributed by atoms with Crippen molar-refractivity contribution < 1.29 is 4.74 Å². The highest BCUT2D eigenvalue weighted by Crippen LogP contribution is 2.08. The number of rotatable bonds is 5. The van der Waals surface area contributed by atoms with E-state index in [1.807, 2.05) is 18.2 Å². The van der Waals surface area contributed by atoms with E-state index < -0.39 is 0 Å². The van der Waals surface area contributed by atoms with Crippen LogP contribution in [-0.4, -0.2) is 0 Å². The van der Waals surface area contributed by atoms with Gasteiger partial charge in [-0.25, -0.2) is 0 Å². The fourth-order valence-electron chi connectivity index (χ4n) is 1.11. The van der Waals surface area contributed by atoms with E-state index >= 15 is 0 Å². The summed E-state index contributed by atoms with van der Waals surface area (Å²) in [5, 5.41) is 0. The molecule has 1 aromatic rings. The molecule has 13 heavy (non-hydrogen) atoms. The molecule has 0 spiro atoms. The Morgan fingerprint density at radius 1 is 1.31 bits per heavy atom. The zero-order valence-corrected chi connectivity index (χ0v) is 8.12. The molecule has 0 unspecified atom stereocenters. The van der Waals surface area contributed by atoms with Crippen LogP contribution < -0.4 is 0 Å². The molecule has 1 heteroatoms. The third-order valence-corrected chi connectivity index (χ3v) is 1.81. The van der Waals surface area contributed by atoms with Crippen molar-refractivity contribution >= 4 is 0 Å². The van der Waals surface area contributed by atoms with Crippen LogP contribution >= 0.6 is 0 Å². The predicted octanol–water partition coefficient (Wildman–Crippen LogP) is 3.52. The third kappa shape index (κ3) is 3.79. The van der Waals surface area contributed by atoms with Crippen LogP contribution in [0.15, 0.2) is 42.7 Å². The van der Waals surface area contributed by atoms with Crippen LogP contribution in [0.4, 0.5) is 0 Å². The first-order chi connectivity index (χ1) is 6.33. The fourth-order valence-corrected chi connectivity index (χ4v) is 1.11. The summed E-state index contributed by atoms with van der Waals surface area (Å²) in [4.78, 5) is 0. The second kappa shape index (κ2) is 5.41. The van der Waals surface area contributed by atoms with Crippen molar-refractivity contribution in [2.45, 2.75) is 26.4 Å². The van der Waals surface area contributed by atoms with Crippen LogP contribution in [0, 0.1) is 0 Å². The van der Waals surface area contributed by atoms with Crippen molar-refractivity contribution in [3.63, 3.8) is 0 Å². The standard InChI is InChI=1S/C12H16O/c1-3-7-11(2)13-10-12-8-5-4-6-9-12/h4-6,8-9H,2-3,7,10H2,1H3. The number of hydrogen-bond donors (Lipinski definition) is 0. The molecule has 0 aromatic heterocycles. The number of benzene rings is 1. The third-order valence-electron chi connectivity index (χ3n) is 1.81. The summed E-state index contributed by atoms with van der Waals surface area (Å²) in [6.45, 7) is 6.60. The van der Waals surface area contributed by atoms with E-state index in [0.29, 0.717) is 6.61 Å². The van der Waals surface area contributed by atoms with Crippen LogP contribution in [0.25, 0.3) is 0 Å². The summed E-state index contributed by atoms with van der Waals surface area (Å²) >= 11 is 0. The summed E-state index contributed by atoms with van der Waals surface area (Å²) in [5.41, 5.74) is 1.19. The van der Waals surface area contributed by atoms with Gasteiger partial charge in [-0.15, -0.1) is 0 Å². The zero-order chi connectivity index (χ0) is 9.52. The highest BCUT2D eigenvalue weighted by Gasteiger charge is 1.94. The van der Waals surface area contributed by atoms with Crippen molar-refractivity contribution in [1.29, 1.82) is 0 Å². The summed E-state index contributed by atoms with van der Waals surface area (Å²) < 4.78 is 5.47. The lowest BCUT2D eigenvalue weighted by atomic mass is 10.2. The van der Waals surface area contributed by atoms with Gasteiger partial charge in [-0.3, -0.25) is 0 Å². The monoisotopic (exact) mass is 176 g/mol. The molecule has 0 heterocycles. The molecule has 0 aliphatic carbocycles. The van der Waals surface area contributed by atoms with Gasteiger partial charge < -0.3 is 4.74 Å². The van der Waals surface area contributed by atoms with Crippen LogP contribution in [-0.2, 0) is 11.3 Å². The van der Waals surface area contributed by atoms with E-state index in [1.54, 1.807) is 0 Å². The Hall–Kier alpha value is -1.24.